The van der Waals surface area contributed by atoms with Crippen molar-refractivity contribution in [3.8, 4) is 0 Å². The minimum atomic E-state index is -0.395. The summed E-state index contributed by atoms with van der Waals surface area (Å²) in [5.41, 5.74) is 1.70. The molecule has 2 aromatic heterocycles. The van der Waals surface area contributed by atoms with Crippen LogP contribution in [0.25, 0.3) is 11.0 Å². The molecule has 0 saturated heterocycles. The third-order valence-corrected chi connectivity index (χ3v) is 3.12. The van der Waals surface area contributed by atoms with Gasteiger partial charge in [0.25, 0.3) is 5.95 Å². The highest BCUT2D eigenvalue weighted by Crippen LogP contribution is 2.20. The molecule has 0 fully saturated rings. The van der Waals surface area contributed by atoms with Gasteiger partial charge in [-0.2, -0.15) is 4.80 Å². The first-order valence-electron chi connectivity index (χ1n) is 6.93. The number of benzene rings is 1. The third-order valence-electron chi connectivity index (χ3n) is 3.12. The second-order valence-electron chi connectivity index (χ2n) is 5.09. The Hall–Kier alpha value is -2.90. The van der Waals surface area contributed by atoms with Gasteiger partial charge in [0.1, 0.15) is 5.58 Å². The van der Waals surface area contributed by atoms with Crippen LogP contribution in [0.3, 0.4) is 0 Å². The normalized spacial score (nSPS) is 11.0. The molecule has 0 aliphatic carbocycles. The number of furan rings is 1. The molecule has 0 radical (unpaired) electrons. The number of hydrogen-bond donors (Lipinski definition) is 2. The van der Waals surface area contributed by atoms with E-state index in [2.05, 4.69) is 26.0 Å². The van der Waals surface area contributed by atoms with Crippen LogP contribution in [0.1, 0.15) is 25.5 Å². The summed E-state index contributed by atoms with van der Waals surface area (Å²) >= 11 is 0. The first-order chi connectivity index (χ1) is 10.6. The van der Waals surface area contributed by atoms with Gasteiger partial charge in [0.05, 0.1) is 12.3 Å². The lowest BCUT2D eigenvalue weighted by atomic mass is 10.2. The van der Waals surface area contributed by atoms with Crippen LogP contribution in [0, 0.1) is 0 Å². The van der Waals surface area contributed by atoms with Crippen molar-refractivity contribution in [2.75, 3.05) is 5.32 Å². The Kier molecular flexibility index (Phi) is 3.73. The summed E-state index contributed by atoms with van der Waals surface area (Å²) in [6.07, 6.45) is 1.64. The average molecular weight is 300 g/mol. The Morgan fingerprint density at radius 1 is 1.36 bits per heavy atom. The van der Waals surface area contributed by atoms with Gasteiger partial charge in [0.15, 0.2) is 0 Å². The van der Waals surface area contributed by atoms with Gasteiger partial charge in [-0.15, -0.1) is 5.10 Å². The zero-order chi connectivity index (χ0) is 15.5. The van der Waals surface area contributed by atoms with Crippen LogP contribution in [0.2, 0.25) is 0 Å². The van der Waals surface area contributed by atoms with Crippen molar-refractivity contribution < 1.29 is 9.21 Å². The van der Waals surface area contributed by atoms with Gasteiger partial charge in [-0.05, 0) is 25.1 Å². The first kappa shape index (κ1) is 14.1. The first-order valence-corrected chi connectivity index (χ1v) is 6.93. The predicted molar refractivity (Wildman–Crippen MR) is 80.3 cm³/mol. The minimum Gasteiger partial charge on any atom is -0.464 e. The topological polar surface area (TPSA) is 97.9 Å². The fraction of sp³-hybridized carbons (Fsp3) is 0.286. The standard InChI is InChI=1S/C14H16N6O2/c1-9(2)20-18-13(17-19-20)16-14(21)15-7-10-8-22-12-6-4-3-5-11(10)12/h3-6,8-9H,7H2,1-2H3,(H2,15,16,18,21). The molecule has 0 aliphatic rings. The number of rotatable bonds is 4. The fourth-order valence-electron chi connectivity index (χ4n) is 1.98. The summed E-state index contributed by atoms with van der Waals surface area (Å²) in [5, 5.41) is 17.9. The number of nitrogens with one attached hydrogen (secondary N) is 2. The van der Waals surface area contributed by atoms with E-state index in [9.17, 15) is 4.79 Å². The van der Waals surface area contributed by atoms with Gasteiger partial charge in [-0.25, -0.2) is 4.79 Å². The van der Waals surface area contributed by atoms with Gasteiger partial charge in [-0.3, -0.25) is 5.32 Å². The second kappa shape index (κ2) is 5.84. The lowest BCUT2D eigenvalue weighted by Crippen LogP contribution is -2.28. The molecule has 8 nitrogen and oxygen atoms in total. The molecule has 1 aromatic carbocycles. The van der Waals surface area contributed by atoms with E-state index in [0.717, 1.165) is 16.5 Å². The van der Waals surface area contributed by atoms with Crippen molar-refractivity contribution in [3.05, 3.63) is 36.1 Å². The van der Waals surface area contributed by atoms with Crippen LogP contribution >= 0.6 is 0 Å². The summed E-state index contributed by atoms with van der Waals surface area (Å²) in [7, 11) is 0. The number of tetrazole rings is 1. The van der Waals surface area contributed by atoms with E-state index < -0.39 is 6.03 Å². The molecule has 0 saturated carbocycles. The van der Waals surface area contributed by atoms with Gasteiger partial charge in [-0.1, -0.05) is 23.3 Å². The molecule has 2 N–H and O–H groups in total. The van der Waals surface area contributed by atoms with E-state index in [1.807, 2.05) is 38.1 Å². The van der Waals surface area contributed by atoms with Crippen molar-refractivity contribution in [2.24, 2.45) is 0 Å². The molecule has 8 heteroatoms. The number of urea groups is 1. The maximum absolute atomic E-state index is 11.9. The largest absolute Gasteiger partial charge is 0.464 e. The summed E-state index contributed by atoms with van der Waals surface area (Å²) < 4.78 is 5.42. The summed E-state index contributed by atoms with van der Waals surface area (Å²) in [6.45, 7) is 4.20. The number of carbonyl (C=O) groups excluding carboxylic acids is 1. The van der Waals surface area contributed by atoms with Crippen molar-refractivity contribution >= 4 is 22.9 Å². The molecular weight excluding hydrogens is 284 g/mol. The quantitative estimate of drug-likeness (QED) is 0.770. The number of carbonyl (C=O) groups is 1. The Morgan fingerprint density at radius 2 is 2.18 bits per heavy atom. The number of fused-ring (bicyclic) bond motifs is 1. The number of para-hydroxylation sites is 1. The zero-order valence-electron chi connectivity index (χ0n) is 12.3. The van der Waals surface area contributed by atoms with Gasteiger partial charge < -0.3 is 9.73 Å². The summed E-state index contributed by atoms with van der Waals surface area (Å²) in [6, 6.07) is 7.35. The lowest BCUT2D eigenvalue weighted by molar-refractivity contribution is 0.251. The number of amides is 2. The van der Waals surface area contributed by atoms with Crippen molar-refractivity contribution in [3.63, 3.8) is 0 Å². The molecule has 3 aromatic rings. The van der Waals surface area contributed by atoms with Crippen LogP contribution in [-0.4, -0.2) is 26.2 Å². The van der Waals surface area contributed by atoms with E-state index >= 15 is 0 Å². The highest BCUT2D eigenvalue weighted by molar-refractivity contribution is 5.88. The van der Waals surface area contributed by atoms with Gasteiger partial charge >= 0.3 is 6.03 Å². The molecule has 3 rings (SSSR count). The SMILES string of the molecule is CC(C)n1nnc(NC(=O)NCc2coc3ccccc23)n1. The van der Waals surface area contributed by atoms with Crippen LogP contribution in [0.15, 0.2) is 34.9 Å². The van der Waals surface area contributed by atoms with Crippen LogP contribution in [0.5, 0.6) is 0 Å². The van der Waals surface area contributed by atoms with E-state index in [0.29, 0.717) is 6.54 Å². The molecule has 0 unspecified atom stereocenters. The molecule has 2 amide bonds. The average Bonchev–Trinajstić information content (AvgIpc) is 3.12. The smallest absolute Gasteiger partial charge is 0.321 e. The van der Waals surface area contributed by atoms with E-state index in [1.165, 1.54) is 4.80 Å². The van der Waals surface area contributed by atoms with Crippen LogP contribution in [-0.2, 0) is 6.54 Å². The zero-order valence-corrected chi connectivity index (χ0v) is 12.3. The van der Waals surface area contributed by atoms with Crippen molar-refractivity contribution in [2.45, 2.75) is 26.4 Å². The number of aromatic nitrogens is 4. The molecule has 22 heavy (non-hydrogen) atoms. The molecule has 0 spiro atoms. The second-order valence-corrected chi connectivity index (χ2v) is 5.09. The summed E-state index contributed by atoms with van der Waals surface area (Å²) in [4.78, 5) is 13.3. The van der Waals surface area contributed by atoms with Gasteiger partial charge in [0.2, 0.25) is 0 Å². The molecule has 0 atom stereocenters. The highest BCUT2D eigenvalue weighted by atomic mass is 16.3. The number of hydrogen-bond acceptors (Lipinski definition) is 5. The lowest BCUT2D eigenvalue weighted by Gasteiger charge is -2.03. The fourth-order valence-corrected chi connectivity index (χ4v) is 1.98. The van der Waals surface area contributed by atoms with Crippen LogP contribution < -0.4 is 10.6 Å². The number of nitrogens with zero attached hydrogens (tertiary/aromatic N) is 4. The number of anilines is 1. The highest BCUT2D eigenvalue weighted by Gasteiger charge is 2.10. The molecule has 0 aliphatic heterocycles. The van der Waals surface area contributed by atoms with Crippen molar-refractivity contribution in [1.29, 1.82) is 0 Å². The van der Waals surface area contributed by atoms with Gasteiger partial charge in [0, 0.05) is 17.5 Å². The monoisotopic (exact) mass is 300 g/mol. The third kappa shape index (κ3) is 2.90. The Bertz CT molecular complexity index is 791. The van der Waals surface area contributed by atoms with Crippen LogP contribution in [0.4, 0.5) is 10.7 Å². The van der Waals surface area contributed by atoms with E-state index in [1.54, 1.807) is 6.26 Å². The van der Waals surface area contributed by atoms with Crippen molar-refractivity contribution in [1.82, 2.24) is 25.5 Å². The maximum Gasteiger partial charge on any atom is 0.321 e. The Morgan fingerprint density at radius 3 is 2.95 bits per heavy atom. The predicted octanol–water partition coefficient (Wildman–Crippen LogP) is 2.32. The van der Waals surface area contributed by atoms with E-state index in [4.69, 9.17) is 4.42 Å². The Balaban J connectivity index is 1.60. The summed E-state index contributed by atoms with van der Waals surface area (Å²) in [5.74, 6) is 0.170. The molecule has 0 bridgehead atoms. The maximum atomic E-state index is 11.9. The molecule has 2 heterocycles. The molecular formula is C14H16N6O2. The minimum absolute atomic E-state index is 0.0865. The molecule has 114 valence electrons. The Labute approximate surface area is 126 Å². The van der Waals surface area contributed by atoms with E-state index in [-0.39, 0.29) is 12.0 Å².